The Hall–Kier alpha value is -1.55. The predicted octanol–water partition coefficient (Wildman–Crippen LogP) is 1.70. The topological polar surface area (TPSA) is 50.4 Å². The molecule has 2 N–H and O–H groups in total. The average Bonchev–Trinajstić information content (AvgIpc) is 2.19. The van der Waals surface area contributed by atoms with Gasteiger partial charge in [-0.3, -0.25) is 4.79 Å². The molecule has 0 saturated heterocycles. The second kappa shape index (κ2) is 6.03. The first-order valence-corrected chi connectivity index (χ1v) is 4.89. The largest absolute Gasteiger partial charge is 0.385 e. The molecule has 0 aromatic heterocycles. The molecule has 0 aliphatic heterocycles. The zero-order chi connectivity index (χ0) is 11.1. The zero-order valence-electron chi connectivity index (χ0n) is 9.04. The van der Waals surface area contributed by atoms with E-state index in [-0.39, 0.29) is 12.5 Å². The van der Waals surface area contributed by atoms with Gasteiger partial charge in [0.05, 0.1) is 0 Å². The second-order valence-corrected chi connectivity index (χ2v) is 3.09. The highest BCUT2D eigenvalue weighted by Gasteiger charge is 2.01. The Bertz CT molecular complexity index is 326. The van der Waals surface area contributed by atoms with Crippen molar-refractivity contribution in [2.24, 2.45) is 0 Å². The Kier molecular flexibility index (Phi) is 4.63. The summed E-state index contributed by atoms with van der Waals surface area (Å²) in [7, 11) is 1.49. The molecule has 0 heterocycles. The van der Waals surface area contributed by atoms with Gasteiger partial charge in [0.1, 0.15) is 6.61 Å². The molecule has 0 unspecified atom stereocenters. The summed E-state index contributed by atoms with van der Waals surface area (Å²) >= 11 is 0. The summed E-state index contributed by atoms with van der Waals surface area (Å²) in [6.07, 6.45) is 0. The van der Waals surface area contributed by atoms with Crippen molar-refractivity contribution in [3.63, 3.8) is 0 Å². The SMILES string of the molecule is CCNc1cccc(NC(=O)COC)c1. The molecule has 0 spiro atoms. The van der Waals surface area contributed by atoms with Crippen LogP contribution in [0.15, 0.2) is 24.3 Å². The molecule has 1 aromatic rings. The minimum atomic E-state index is -0.147. The first-order chi connectivity index (χ1) is 7.26. The van der Waals surface area contributed by atoms with Gasteiger partial charge in [0.15, 0.2) is 0 Å². The number of nitrogens with one attached hydrogen (secondary N) is 2. The van der Waals surface area contributed by atoms with Crippen LogP contribution in [0, 0.1) is 0 Å². The molecule has 0 atom stereocenters. The molecule has 4 heteroatoms. The lowest BCUT2D eigenvalue weighted by Crippen LogP contribution is -2.17. The first-order valence-electron chi connectivity index (χ1n) is 4.89. The van der Waals surface area contributed by atoms with Crippen molar-refractivity contribution in [3.8, 4) is 0 Å². The van der Waals surface area contributed by atoms with Gasteiger partial charge in [0, 0.05) is 25.0 Å². The standard InChI is InChI=1S/C11H16N2O2/c1-3-12-9-5-4-6-10(7-9)13-11(14)8-15-2/h4-7,12H,3,8H2,1-2H3,(H,13,14). The van der Waals surface area contributed by atoms with Crippen LogP contribution in [0.25, 0.3) is 0 Å². The summed E-state index contributed by atoms with van der Waals surface area (Å²) in [6, 6.07) is 7.57. The number of hydrogen-bond donors (Lipinski definition) is 2. The molecule has 0 aliphatic rings. The fourth-order valence-electron chi connectivity index (χ4n) is 1.24. The number of amides is 1. The Labute approximate surface area is 89.6 Å². The van der Waals surface area contributed by atoms with Crippen LogP contribution >= 0.6 is 0 Å². The van der Waals surface area contributed by atoms with E-state index >= 15 is 0 Å². The van der Waals surface area contributed by atoms with E-state index in [4.69, 9.17) is 4.74 Å². The maximum Gasteiger partial charge on any atom is 0.250 e. The smallest absolute Gasteiger partial charge is 0.250 e. The number of carbonyl (C=O) groups is 1. The van der Waals surface area contributed by atoms with Gasteiger partial charge in [-0.15, -0.1) is 0 Å². The number of benzene rings is 1. The lowest BCUT2D eigenvalue weighted by atomic mass is 10.2. The van der Waals surface area contributed by atoms with Crippen molar-refractivity contribution in [1.82, 2.24) is 0 Å². The van der Waals surface area contributed by atoms with Crippen LogP contribution in [-0.4, -0.2) is 26.2 Å². The van der Waals surface area contributed by atoms with E-state index in [0.717, 1.165) is 17.9 Å². The van der Waals surface area contributed by atoms with Gasteiger partial charge in [0.25, 0.3) is 0 Å². The minimum absolute atomic E-state index is 0.0748. The molecule has 0 radical (unpaired) electrons. The first kappa shape index (κ1) is 11.5. The Balaban J connectivity index is 2.60. The van der Waals surface area contributed by atoms with Crippen molar-refractivity contribution < 1.29 is 9.53 Å². The minimum Gasteiger partial charge on any atom is -0.385 e. The van der Waals surface area contributed by atoms with E-state index in [2.05, 4.69) is 10.6 Å². The summed E-state index contributed by atoms with van der Waals surface area (Å²) in [4.78, 5) is 11.2. The van der Waals surface area contributed by atoms with Crippen LogP contribution in [0.1, 0.15) is 6.92 Å². The molecule has 1 aromatic carbocycles. The molecular formula is C11H16N2O2. The normalized spacial score (nSPS) is 9.73. The van der Waals surface area contributed by atoms with Gasteiger partial charge in [-0.05, 0) is 25.1 Å². The summed E-state index contributed by atoms with van der Waals surface area (Å²) < 4.78 is 4.73. The summed E-state index contributed by atoms with van der Waals surface area (Å²) in [5.74, 6) is -0.147. The average molecular weight is 208 g/mol. The van der Waals surface area contributed by atoms with E-state index in [9.17, 15) is 4.79 Å². The van der Waals surface area contributed by atoms with Gasteiger partial charge < -0.3 is 15.4 Å². The van der Waals surface area contributed by atoms with Gasteiger partial charge in [-0.1, -0.05) is 6.07 Å². The lowest BCUT2D eigenvalue weighted by Gasteiger charge is -2.07. The molecular weight excluding hydrogens is 192 g/mol. The van der Waals surface area contributed by atoms with E-state index in [0.29, 0.717) is 0 Å². The van der Waals surface area contributed by atoms with E-state index < -0.39 is 0 Å². The maximum atomic E-state index is 11.2. The second-order valence-electron chi connectivity index (χ2n) is 3.09. The van der Waals surface area contributed by atoms with E-state index in [1.54, 1.807) is 0 Å². The van der Waals surface area contributed by atoms with E-state index in [1.807, 2.05) is 31.2 Å². The molecule has 0 fully saturated rings. The molecule has 0 saturated carbocycles. The fraction of sp³-hybridized carbons (Fsp3) is 0.364. The Morgan fingerprint density at radius 2 is 2.13 bits per heavy atom. The number of methoxy groups -OCH3 is 1. The fourth-order valence-corrected chi connectivity index (χ4v) is 1.24. The molecule has 0 aliphatic carbocycles. The number of hydrogen-bond acceptors (Lipinski definition) is 3. The maximum absolute atomic E-state index is 11.2. The van der Waals surface area contributed by atoms with Crippen molar-refractivity contribution >= 4 is 17.3 Å². The number of anilines is 2. The van der Waals surface area contributed by atoms with Crippen LogP contribution in [0.2, 0.25) is 0 Å². The van der Waals surface area contributed by atoms with Gasteiger partial charge >= 0.3 is 0 Å². The predicted molar refractivity (Wildman–Crippen MR) is 61.1 cm³/mol. The van der Waals surface area contributed by atoms with Crippen LogP contribution in [0.3, 0.4) is 0 Å². The third kappa shape index (κ3) is 3.99. The lowest BCUT2D eigenvalue weighted by molar-refractivity contribution is -0.119. The third-order valence-corrected chi connectivity index (χ3v) is 1.80. The molecule has 1 amide bonds. The van der Waals surface area contributed by atoms with Gasteiger partial charge in [0.2, 0.25) is 5.91 Å². The summed E-state index contributed by atoms with van der Waals surface area (Å²) in [5.41, 5.74) is 1.77. The van der Waals surface area contributed by atoms with Crippen molar-refractivity contribution in [3.05, 3.63) is 24.3 Å². The summed E-state index contributed by atoms with van der Waals surface area (Å²) in [5, 5.41) is 5.91. The molecule has 82 valence electrons. The molecule has 4 nitrogen and oxygen atoms in total. The molecule has 15 heavy (non-hydrogen) atoms. The van der Waals surface area contributed by atoms with Gasteiger partial charge in [-0.25, -0.2) is 0 Å². The zero-order valence-corrected chi connectivity index (χ0v) is 9.04. The number of rotatable bonds is 5. The molecule has 0 bridgehead atoms. The third-order valence-electron chi connectivity index (χ3n) is 1.80. The van der Waals surface area contributed by atoms with Crippen molar-refractivity contribution in [2.75, 3.05) is 30.9 Å². The monoisotopic (exact) mass is 208 g/mol. The van der Waals surface area contributed by atoms with Crippen LogP contribution < -0.4 is 10.6 Å². The Morgan fingerprint density at radius 3 is 2.80 bits per heavy atom. The van der Waals surface area contributed by atoms with Crippen LogP contribution in [0.4, 0.5) is 11.4 Å². The quantitative estimate of drug-likeness (QED) is 0.774. The number of ether oxygens (including phenoxy) is 1. The molecule has 1 rings (SSSR count). The number of carbonyl (C=O) groups excluding carboxylic acids is 1. The van der Waals surface area contributed by atoms with Crippen LogP contribution in [-0.2, 0) is 9.53 Å². The summed E-state index contributed by atoms with van der Waals surface area (Å²) in [6.45, 7) is 2.96. The van der Waals surface area contributed by atoms with Gasteiger partial charge in [-0.2, -0.15) is 0 Å². The highest BCUT2D eigenvalue weighted by atomic mass is 16.5. The van der Waals surface area contributed by atoms with E-state index in [1.165, 1.54) is 7.11 Å². The van der Waals surface area contributed by atoms with Crippen molar-refractivity contribution in [1.29, 1.82) is 0 Å². The van der Waals surface area contributed by atoms with Crippen LogP contribution in [0.5, 0.6) is 0 Å². The van der Waals surface area contributed by atoms with Crippen molar-refractivity contribution in [2.45, 2.75) is 6.92 Å². The Morgan fingerprint density at radius 1 is 1.40 bits per heavy atom. The highest BCUT2D eigenvalue weighted by molar-refractivity contribution is 5.92. The highest BCUT2D eigenvalue weighted by Crippen LogP contribution is 2.14.